The minimum Gasteiger partial charge on any atom is -0.304 e. The van der Waals surface area contributed by atoms with Gasteiger partial charge in [-0.05, 0) is 18.1 Å². The summed E-state index contributed by atoms with van der Waals surface area (Å²) in [6.45, 7) is 0.0765. The number of hydrogen-bond donors (Lipinski definition) is 1. The molecule has 0 aliphatic rings. The molecule has 0 fully saturated rings. The second kappa shape index (κ2) is 4.43. The Kier molecular flexibility index (Phi) is 3.49. The summed E-state index contributed by atoms with van der Waals surface area (Å²) in [6.07, 6.45) is -4.16. The molecule has 0 spiro atoms. The van der Waals surface area contributed by atoms with Crippen LogP contribution in [0.5, 0.6) is 0 Å². The highest BCUT2D eigenvalue weighted by Gasteiger charge is 2.32. The van der Waals surface area contributed by atoms with Gasteiger partial charge in [0.05, 0.1) is 12.2 Å². The van der Waals surface area contributed by atoms with E-state index in [0.717, 1.165) is 6.07 Å². The van der Waals surface area contributed by atoms with Gasteiger partial charge in [0.15, 0.2) is 0 Å². The van der Waals surface area contributed by atoms with Crippen LogP contribution in [0.15, 0.2) is 24.3 Å². The van der Waals surface area contributed by atoms with Gasteiger partial charge < -0.3 is 4.84 Å². The van der Waals surface area contributed by atoms with Crippen molar-refractivity contribution < 1.29 is 18.0 Å². The average molecular weight is 205 g/mol. The van der Waals surface area contributed by atoms with Gasteiger partial charge in [0.2, 0.25) is 0 Å². The van der Waals surface area contributed by atoms with E-state index in [9.17, 15) is 13.2 Å². The minimum absolute atomic E-state index is 0.0765. The molecule has 0 unspecified atom stereocenters. The predicted molar refractivity (Wildman–Crippen MR) is 45.3 cm³/mol. The molecule has 0 aliphatic carbocycles. The molecule has 0 amide bonds. The third-order valence-corrected chi connectivity index (χ3v) is 1.81. The Labute approximate surface area is 79.4 Å². The lowest BCUT2D eigenvalue weighted by Crippen LogP contribution is -2.11. The summed E-state index contributed by atoms with van der Waals surface area (Å²) >= 11 is 0. The molecule has 0 saturated carbocycles. The molecule has 0 aromatic heterocycles. The number of alkyl halides is 3. The van der Waals surface area contributed by atoms with Crippen LogP contribution in [-0.4, -0.2) is 6.61 Å². The maximum absolute atomic E-state index is 12.4. The highest BCUT2D eigenvalue weighted by atomic mass is 19.4. The molecule has 0 saturated heterocycles. The van der Waals surface area contributed by atoms with E-state index in [1.807, 2.05) is 0 Å². The molecule has 1 rings (SSSR count). The maximum atomic E-state index is 12.4. The first-order chi connectivity index (χ1) is 6.55. The molecular weight excluding hydrogens is 195 g/mol. The molecule has 5 heteroatoms. The summed E-state index contributed by atoms with van der Waals surface area (Å²) in [5.74, 6) is 4.75. The zero-order valence-corrected chi connectivity index (χ0v) is 7.34. The summed E-state index contributed by atoms with van der Waals surface area (Å²) in [7, 11) is 0. The van der Waals surface area contributed by atoms with E-state index < -0.39 is 11.7 Å². The summed E-state index contributed by atoms with van der Waals surface area (Å²) in [4.78, 5) is 4.25. The van der Waals surface area contributed by atoms with Crippen LogP contribution in [0.1, 0.15) is 11.1 Å². The first-order valence-electron chi connectivity index (χ1n) is 4.02. The SMILES string of the molecule is NOCCc1ccccc1C(F)(F)F. The van der Waals surface area contributed by atoms with Crippen molar-refractivity contribution in [1.82, 2.24) is 0 Å². The fraction of sp³-hybridized carbons (Fsp3) is 0.333. The minimum atomic E-state index is -4.31. The third kappa shape index (κ3) is 2.71. The summed E-state index contributed by atoms with van der Waals surface area (Å²) in [5, 5.41) is 0. The quantitative estimate of drug-likeness (QED) is 0.767. The fourth-order valence-corrected chi connectivity index (χ4v) is 1.18. The van der Waals surface area contributed by atoms with Gasteiger partial charge in [-0.1, -0.05) is 18.2 Å². The monoisotopic (exact) mass is 205 g/mol. The van der Waals surface area contributed by atoms with Gasteiger partial charge >= 0.3 is 6.18 Å². The Balaban J connectivity index is 2.92. The Hall–Kier alpha value is -1.07. The van der Waals surface area contributed by atoms with Crippen LogP contribution >= 0.6 is 0 Å². The molecule has 2 nitrogen and oxygen atoms in total. The van der Waals surface area contributed by atoms with Crippen molar-refractivity contribution in [2.75, 3.05) is 6.61 Å². The molecule has 0 atom stereocenters. The van der Waals surface area contributed by atoms with Crippen molar-refractivity contribution in [3.05, 3.63) is 35.4 Å². The predicted octanol–water partition coefficient (Wildman–Crippen LogP) is 2.14. The molecular formula is C9H10F3NO. The topological polar surface area (TPSA) is 35.2 Å². The fourth-order valence-electron chi connectivity index (χ4n) is 1.18. The van der Waals surface area contributed by atoms with E-state index in [-0.39, 0.29) is 18.6 Å². The van der Waals surface area contributed by atoms with Crippen molar-refractivity contribution in [2.45, 2.75) is 12.6 Å². The molecule has 2 N–H and O–H groups in total. The standard InChI is InChI=1S/C9H10F3NO/c10-9(11,12)8-4-2-1-3-7(8)5-6-14-13/h1-4H,5-6,13H2. The van der Waals surface area contributed by atoms with Gasteiger partial charge in [-0.25, -0.2) is 5.90 Å². The van der Waals surface area contributed by atoms with Crippen molar-refractivity contribution in [1.29, 1.82) is 0 Å². The second-order valence-electron chi connectivity index (χ2n) is 2.78. The van der Waals surface area contributed by atoms with E-state index in [2.05, 4.69) is 4.84 Å². The molecule has 0 aliphatic heterocycles. The van der Waals surface area contributed by atoms with Crippen LogP contribution in [-0.2, 0) is 17.4 Å². The van der Waals surface area contributed by atoms with Crippen LogP contribution in [0.4, 0.5) is 13.2 Å². The lowest BCUT2D eigenvalue weighted by molar-refractivity contribution is -0.138. The molecule has 1 aromatic carbocycles. The zero-order chi connectivity index (χ0) is 10.6. The number of nitrogens with two attached hydrogens (primary N) is 1. The Bertz CT molecular complexity index is 298. The van der Waals surface area contributed by atoms with Crippen molar-refractivity contribution in [2.24, 2.45) is 5.90 Å². The molecule has 1 aromatic rings. The van der Waals surface area contributed by atoms with Crippen LogP contribution in [0.25, 0.3) is 0 Å². The van der Waals surface area contributed by atoms with E-state index in [0.29, 0.717) is 0 Å². The van der Waals surface area contributed by atoms with Crippen molar-refractivity contribution in [3.8, 4) is 0 Å². The van der Waals surface area contributed by atoms with E-state index in [4.69, 9.17) is 5.90 Å². The van der Waals surface area contributed by atoms with Gasteiger partial charge in [0.1, 0.15) is 0 Å². The molecule has 0 radical (unpaired) electrons. The highest BCUT2D eigenvalue weighted by molar-refractivity contribution is 5.29. The number of halogens is 3. The lowest BCUT2D eigenvalue weighted by atomic mass is 10.0. The zero-order valence-electron chi connectivity index (χ0n) is 7.34. The van der Waals surface area contributed by atoms with Gasteiger partial charge in [0, 0.05) is 0 Å². The molecule has 0 heterocycles. The van der Waals surface area contributed by atoms with Crippen LogP contribution < -0.4 is 5.90 Å². The first-order valence-corrected chi connectivity index (χ1v) is 4.02. The van der Waals surface area contributed by atoms with Crippen LogP contribution in [0.3, 0.4) is 0 Å². The molecule has 78 valence electrons. The average Bonchev–Trinajstić information content (AvgIpc) is 2.14. The summed E-state index contributed by atoms with van der Waals surface area (Å²) in [5.41, 5.74) is -0.428. The smallest absolute Gasteiger partial charge is 0.304 e. The van der Waals surface area contributed by atoms with Gasteiger partial charge in [-0.15, -0.1) is 0 Å². The Morgan fingerprint density at radius 1 is 1.21 bits per heavy atom. The lowest BCUT2D eigenvalue weighted by Gasteiger charge is -2.11. The Morgan fingerprint density at radius 2 is 1.86 bits per heavy atom. The molecule has 0 bridgehead atoms. The largest absolute Gasteiger partial charge is 0.416 e. The van der Waals surface area contributed by atoms with E-state index in [1.165, 1.54) is 12.1 Å². The molecule has 14 heavy (non-hydrogen) atoms. The normalized spacial score (nSPS) is 11.7. The van der Waals surface area contributed by atoms with Crippen LogP contribution in [0, 0.1) is 0 Å². The number of hydrogen-bond acceptors (Lipinski definition) is 2. The summed E-state index contributed by atoms with van der Waals surface area (Å²) < 4.78 is 37.2. The van der Waals surface area contributed by atoms with Crippen LogP contribution in [0.2, 0.25) is 0 Å². The first kappa shape index (κ1) is 11.0. The van der Waals surface area contributed by atoms with Gasteiger partial charge in [-0.2, -0.15) is 13.2 Å². The van der Waals surface area contributed by atoms with Gasteiger partial charge in [-0.3, -0.25) is 0 Å². The third-order valence-electron chi connectivity index (χ3n) is 1.81. The Morgan fingerprint density at radius 3 is 2.43 bits per heavy atom. The number of rotatable bonds is 3. The van der Waals surface area contributed by atoms with Crippen molar-refractivity contribution in [3.63, 3.8) is 0 Å². The number of benzene rings is 1. The van der Waals surface area contributed by atoms with E-state index >= 15 is 0 Å². The second-order valence-corrected chi connectivity index (χ2v) is 2.78. The van der Waals surface area contributed by atoms with Gasteiger partial charge in [0.25, 0.3) is 0 Å². The maximum Gasteiger partial charge on any atom is 0.416 e. The van der Waals surface area contributed by atoms with Crippen molar-refractivity contribution >= 4 is 0 Å². The highest BCUT2D eigenvalue weighted by Crippen LogP contribution is 2.31. The summed E-state index contributed by atoms with van der Waals surface area (Å²) in [6, 6.07) is 5.38. The van der Waals surface area contributed by atoms with E-state index in [1.54, 1.807) is 6.07 Å².